The number of hydrogen-bond donors (Lipinski definition) is 2. The summed E-state index contributed by atoms with van der Waals surface area (Å²) in [5.41, 5.74) is 4.09. The van der Waals surface area contributed by atoms with Gasteiger partial charge in [-0.3, -0.25) is 4.79 Å². The lowest BCUT2D eigenvalue weighted by Gasteiger charge is -2.10. The van der Waals surface area contributed by atoms with Crippen molar-refractivity contribution in [3.05, 3.63) is 106 Å². The Bertz CT molecular complexity index is 1220. The van der Waals surface area contributed by atoms with Crippen LogP contribution in [0.2, 0.25) is 5.02 Å². The summed E-state index contributed by atoms with van der Waals surface area (Å²) < 4.78 is 65.6. The first-order valence-electron chi connectivity index (χ1n) is 9.28. The number of carbonyl (C=O) groups is 1. The van der Waals surface area contributed by atoms with Gasteiger partial charge in [-0.25, -0.2) is 13.8 Å². The normalized spacial score (nSPS) is 12.5. The highest BCUT2D eigenvalue weighted by atomic mass is 35.5. The molecule has 0 fully saturated rings. The zero-order chi connectivity index (χ0) is 24.2. The second-order valence-corrected chi connectivity index (χ2v) is 7.14. The van der Waals surface area contributed by atoms with Gasteiger partial charge < -0.3 is 11.1 Å². The van der Waals surface area contributed by atoms with E-state index in [1.807, 2.05) is 0 Å². The van der Waals surface area contributed by atoms with E-state index in [-0.39, 0.29) is 33.2 Å². The molecule has 0 spiro atoms. The van der Waals surface area contributed by atoms with Gasteiger partial charge in [-0.2, -0.15) is 13.2 Å². The molecule has 0 saturated heterocycles. The van der Waals surface area contributed by atoms with Crippen molar-refractivity contribution in [2.75, 3.05) is 5.32 Å². The van der Waals surface area contributed by atoms with Gasteiger partial charge in [0.25, 0.3) is 5.91 Å². The highest BCUT2D eigenvalue weighted by Gasteiger charge is 2.31. The maximum atomic E-state index is 13.3. The largest absolute Gasteiger partial charge is 0.430 e. The van der Waals surface area contributed by atoms with Crippen LogP contribution in [0.4, 0.5) is 33.3 Å². The standard InChI is InChI=1S/C23H15ClF5N3O/c24-18-3-1-2-4-19(18)32-20(12-21(30)23(27,28)29)13-5-7-14(8-6-13)22(33)31-17-10-15(25)9-16(26)11-17/h1-12H,30H2,(H,31,33). The van der Waals surface area contributed by atoms with Crippen LogP contribution in [0.1, 0.15) is 15.9 Å². The highest BCUT2D eigenvalue weighted by molar-refractivity contribution is 6.33. The van der Waals surface area contributed by atoms with E-state index < -0.39 is 29.4 Å². The predicted molar refractivity (Wildman–Crippen MR) is 117 cm³/mol. The molecule has 3 aromatic rings. The van der Waals surface area contributed by atoms with Crippen LogP contribution >= 0.6 is 11.6 Å². The lowest BCUT2D eigenvalue weighted by molar-refractivity contribution is -0.0925. The second-order valence-electron chi connectivity index (χ2n) is 6.74. The summed E-state index contributed by atoms with van der Waals surface area (Å²) in [6.45, 7) is 0. The van der Waals surface area contributed by atoms with E-state index in [9.17, 15) is 26.7 Å². The summed E-state index contributed by atoms with van der Waals surface area (Å²) >= 11 is 6.06. The van der Waals surface area contributed by atoms with Crippen LogP contribution in [0.25, 0.3) is 0 Å². The minimum atomic E-state index is -4.78. The molecule has 0 unspecified atom stereocenters. The van der Waals surface area contributed by atoms with Crippen molar-refractivity contribution in [3.63, 3.8) is 0 Å². The Balaban J connectivity index is 1.93. The van der Waals surface area contributed by atoms with Crippen LogP contribution in [0, 0.1) is 11.6 Å². The minimum Gasteiger partial charge on any atom is -0.395 e. The predicted octanol–water partition coefficient (Wildman–Crippen LogP) is 6.40. The van der Waals surface area contributed by atoms with E-state index >= 15 is 0 Å². The fraction of sp³-hybridized carbons (Fsp3) is 0.0435. The first-order chi connectivity index (χ1) is 15.5. The lowest BCUT2D eigenvalue weighted by Crippen LogP contribution is -2.21. The Kier molecular flexibility index (Phi) is 7.13. The molecule has 0 saturated carbocycles. The number of rotatable bonds is 5. The molecule has 0 aliphatic carbocycles. The number of alkyl halides is 3. The van der Waals surface area contributed by atoms with Gasteiger partial charge in [0.15, 0.2) is 0 Å². The molecule has 0 radical (unpaired) electrons. The number of allylic oxidation sites excluding steroid dienone is 2. The molecule has 1 amide bonds. The monoisotopic (exact) mass is 479 g/mol. The van der Waals surface area contributed by atoms with Crippen LogP contribution in [-0.4, -0.2) is 17.8 Å². The van der Waals surface area contributed by atoms with Gasteiger partial charge in [-0.05, 0) is 42.5 Å². The minimum absolute atomic E-state index is 0.0910. The smallest absolute Gasteiger partial charge is 0.395 e. The molecule has 170 valence electrons. The molecule has 0 bridgehead atoms. The molecule has 4 nitrogen and oxygen atoms in total. The summed E-state index contributed by atoms with van der Waals surface area (Å²) in [5, 5.41) is 2.56. The summed E-state index contributed by atoms with van der Waals surface area (Å²) in [6.07, 6.45) is -4.12. The summed E-state index contributed by atoms with van der Waals surface area (Å²) in [5.74, 6) is -2.41. The van der Waals surface area contributed by atoms with Crippen LogP contribution in [0.15, 0.2) is 83.5 Å². The lowest BCUT2D eigenvalue weighted by atomic mass is 10.1. The summed E-state index contributed by atoms with van der Waals surface area (Å²) in [7, 11) is 0. The first kappa shape index (κ1) is 23.9. The topological polar surface area (TPSA) is 67.5 Å². The molecule has 0 aliphatic rings. The number of halogens is 6. The average molecular weight is 480 g/mol. The van der Waals surface area contributed by atoms with E-state index in [1.54, 1.807) is 12.1 Å². The first-order valence-corrected chi connectivity index (χ1v) is 9.66. The number of para-hydroxylation sites is 1. The van der Waals surface area contributed by atoms with E-state index in [0.29, 0.717) is 12.1 Å². The van der Waals surface area contributed by atoms with Crippen molar-refractivity contribution in [1.29, 1.82) is 0 Å². The van der Waals surface area contributed by atoms with Crippen molar-refractivity contribution in [1.82, 2.24) is 0 Å². The number of nitrogens with one attached hydrogen (secondary N) is 1. The summed E-state index contributed by atoms with van der Waals surface area (Å²) in [4.78, 5) is 16.6. The number of aliphatic imine (C=N–C) groups is 1. The van der Waals surface area contributed by atoms with Gasteiger partial charge in [0.2, 0.25) is 0 Å². The maximum Gasteiger partial charge on any atom is 0.430 e. The van der Waals surface area contributed by atoms with Gasteiger partial charge >= 0.3 is 6.18 Å². The third-order valence-corrected chi connectivity index (χ3v) is 4.60. The number of amides is 1. The Morgan fingerprint density at radius 3 is 2.09 bits per heavy atom. The van der Waals surface area contributed by atoms with Crippen LogP contribution in [-0.2, 0) is 0 Å². The molecule has 3 N–H and O–H groups in total. The van der Waals surface area contributed by atoms with Gasteiger partial charge in [0.05, 0.1) is 16.4 Å². The third kappa shape index (κ3) is 6.39. The molecule has 0 atom stereocenters. The molecule has 0 heterocycles. The maximum absolute atomic E-state index is 13.3. The molecule has 0 aliphatic heterocycles. The van der Waals surface area contributed by atoms with Crippen LogP contribution in [0.5, 0.6) is 0 Å². The van der Waals surface area contributed by atoms with Crippen LogP contribution < -0.4 is 11.1 Å². The number of anilines is 1. The van der Waals surface area contributed by atoms with Crippen molar-refractivity contribution < 1.29 is 26.7 Å². The average Bonchev–Trinajstić information content (AvgIpc) is 2.73. The zero-order valence-corrected chi connectivity index (χ0v) is 17.4. The third-order valence-electron chi connectivity index (χ3n) is 4.28. The highest BCUT2D eigenvalue weighted by Crippen LogP contribution is 2.27. The number of nitrogens with zero attached hydrogens (tertiary/aromatic N) is 1. The number of nitrogens with two attached hydrogens (primary N) is 1. The van der Waals surface area contributed by atoms with E-state index in [4.69, 9.17) is 17.3 Å². The van der Waals surface area contributed by atoms with E-state index in [1.165, 1.54) is 36.4 Å². The SMILES string of the molecule is NC(=CC(=Nc1ccccc1Cl)c1ccc(C(=O)Nc2cc(F)cc(F)c2)cc1)C(F)(F)F. The molecule has 3 rings (SSSR count). The Morgan fingerprint density at radius 1 is 0.939 bits per heavy atom. The second kappa shape index (κ2) is 9.83. The van der Waals surface area contributed by atoms with Crippen molar-refractivity contribution in [3.8, 4) is 0 Å². The van der Waals surface area contributed by atoms with Gasteiger partial charge in [0.1, 0.15) is 17.3 Å². The quantitative estimate of drug-likeness (QED) is 0.328. The Morgan fingerprint density at radius 2 is 1.52 bits per heavy atom. The van der Waals surface area contributed by atoms with Gasteiger partial charge in [-0.15, -0.1) is 0 Å². The molecule has 10 heteroatoms. The zero-order valence-electron chi connectivity index (χ0n) is 16.6. The molecule has 33 heavy (non-hydrogen) atoms. The van der Waals surface area contributed by atoms with Crippen molar-refractivity contribution >= 4 is 34.6 Å². The Hall–Kier alpha value is -3.72. The van der Waals surface area contributed by atoms with Crippen molar-refractivity contribution in [2.45, 2.75) is 6.18 Å². The molecular weight excluding hydrogens is 465 g/mol. The summed E-state index contributed by atoms with van der Waals surface area (Å²) in [6, 6.07) is 14.2. The van der Waals surface area contributed by atoms with Crippen molar-refractivity contribution in [2.24, 2.45) is 10.7 Å². The number of benzene rings is 3. The van der Waals surface area contributed by atoms with E-state index in [0.717, 1.165) is 12.1 Å². The fourth-order valence-corrected chi connectivity index (χ4v) is 2.88. The molecule has 0 aromatic heterocycles. The van der Waals surface area contributed by atoms with E-state index in [2.05, 4.69) is 10.3 Å². The fourth-order valence-electron chi connectivity index (χ4n) is 2.70. The van der Waals surface area contributed by atoms with Gasteiger partial charge in [0, 0.05) is 22.9 Å². The molecule has 3 aromatic carbocycles. The Labute approximate surface area is 190 Å². The van der Waals surface area contributed by atoms with Gasteiger partial charge in [-0.1, -0.05) is 35.9 Å². The number of carbonyl (C=O) groups excluding carboxylic acids is 1. The molecular formula is C23H15ClF5N3O. The number of hydrogen-bond acceptors (Lipinski definition) is 3. The van der Waals surface area contributed by atoms with Crippen LogP contribution in [0.3, 0.4) is 0 Å².